The number of amides is 4. The Bertz CT molecular complexity index is 1610. The molecule has 286 valence electrons. The van der Waals surface area contributed by atoms with Gasteiger partial charge in [-0.05, 0) is 68.0 Å². The van der Waals surface area contributed by atoms with E-state index in [0.29, 0.717) is 38.0 Å². The Hall–Kier alpha value is -4.90. The first-order valence-corrected chi connectivity index (χ1v) is 18.9. The van der Waals surface area contributed by atoms with Gasteiger partial charge in [0, 0.05) is 104 Å². The largest absolute Gasteiger partial charge is 0.446 e. The highest BCUT2D eigenvalue weighted by Gasteiger charge is 2.23. The van der Waals surface area contributed by atoms with E-state index in [1.807, 2.05) is 105 Å². The molecule has 0 spiro atoms. The monoisotopic (exact) mass is 726 g/mol. The summed E-state index contributed by atoms with van der Waals surface area (Å²) in [5.74, 6) is 0.218. The van der Waals surface area contributed by atoms with E-state index in [4.69, 9.17) is 4.74 Å². The molecule has 1 aliphatic heterocycles. The van der Waals surface area contributed by atoms with Crippen LogP contribution in [-0.4, -0.2) is 124 Å². The first-order chi connectivity index (χ1) is 25.5. The molecule has 0 radical (unpaired) electrons. The molecule has 0 saturated carbocycles. The zero-order chi connectivity index (χ0) is 38.2. The molecule has 3 aromatic rings. The third kappa shape index (κ3) is 12.9. The van der Waals surface area contributed by atoms with Crippen molar-refractivity contribution in [1.29, 1.82) is 0 Å². The second kappa shape index (κ2) is 21.0. The van der Waals surface area contributed by atoms with Crippen molar-refractivity contribution in [2.24, 2.45) is 0 Å². The van der Waals surface area contributed by atoms with Crippen LogP contribution >= 0.6 is 0 Å². The van der Waals surface area contributed by atoms with E-state index < -0.39 is 6.09 Å². The van der Waals surface area contributed by atoms with Crippen LogP contribution in [0.3, 0.4) is 0 Å². The van der Waals surface area contributed by atoms with Gasteiger partial charge in [0.2, 0.25) is 11.8 Å². The fourth-order valence-electron chi connectivity index (χ4n) is 6.48. The SMILES string of the molecule is CCC(=O)N(C)CCCN(C)C(=O)c1ccc(N(C)CCCCC(=O)N(C)CCN2CCC(OC(=O)Nc3ccccc3-c3ccccc3)CC2)cc1. The van der Waals surface area contributed by atoms with E-state index in [9.17, 15) is 19.2 Å². The smallest absolute Gasteiger partial charge is 0.411 e. The maximum atomic E-state index is 12.9. The third-order valence-corrected chi connectivity index (χ3v) is 9.99. The second-order valence-corrected chi connectivity index (χ2v) is 14.0. The van der Waals surface area contributed by atoms with E-state index in [-0.39, 0.29) is 23.8 Å². The Kier molecular flexibility index (Phi) is 16.2. The van der Waals surface area contributed by atoms with Crippen LogP contribution in [0.15, 0.2) is 78.9 Å². The molecule has 4 amide bonds. The molecule has 0 atom stereocenters. The molecular weight excluding hydrogens is 668 g/mol. The number of carbonyl (C=O) groups excluding carboxylic acids is 4. The molecule has 0 unspecified atom stereocenters. The molecular formula is C42H58N6O5. The molecule has 0 bridgehead atoms. The Morgan fingerprint density at radius 3 is 2.06 bits per heavy atom. The Balaban J connectivity index is 1.07. The van der Waals surface area contributed by atoms with Crippen LogP contribution in [0.25, 0.3) is 11.1 Å². The molecule has 1 fully saturated rings. The maximum absolute atomic E-state index is 12.9. The average molecular weight is 727 g/mol. The number of unbranched alkanes of at least 4 members (excludes halogenated alkanes) is 1. The quantitative estimate of drug-likeness (QED) is 0.150. The van der Waals surface area contributed by atoms with Gasteiger partial charge in [0.15, 0.2) is 0 Å². The molecule has 3 aromatic carbocycles. The number of carbonyl (C=O) groups is 4. The van der Waals surface area contributed by atoms with Crippen molar-refractivity contribution in [2.75, 3.05) is 84.2 Å². The van der Waals surface area contributed by atoms with Crippen LogP contribution in [0, 0.1) is 0 Å². The van der Waals surface area contributed by atoms with Crippen LogP contribution in [-0.2, 0) is 14.3 Å². The van der Waals surface area contributed by atoms with Crippen LogP contribution in [0.5, 0.6) is 0 Å². The highest BCUT2D eigenvalue weighted by atomic mass is 16.6. The summed E-state index contributed by atoms with van der Waals surface area (Å²) < 4.78 is 5.78. The topological polar surface area (TPSA) is 106 Å². The van der Waals surface area contributed by atoms with E-state index in [1.54, 1.807) is 23.9 Å². The minimum absolute atomic E-state index is 0.0358. The summed E-state index contributed by atoms with van der Waals surface area (Å²) in [5, 5.41) is 2.93. The van der Waals surface area contributed by atoms with Gasteiger partial charge in [-0.15, -0.1) is 0 Å². The lowest BCUT2D eigenvalue weighted by molar-refractivity contribution is -0.130. The minimum atomic E-state index is -0.435. The van der Waals surface area contributed by atoms with Gasteiger partial charge < -0.3 is 29.2 Å². The number of rotatable bonds is 18. The van der Waals surface area contributed by atoms with Gasteiger partial charge in [-0.25, -0.2) is 4.79 Å². The van der Waals surface area contributed by atoms with Gasteiger partial charge in [-0.2, -0.15) is 0 Å². The van der Waals surface area contributed by atoms with Crippen LogP contribution < -0.4 is 10.2 Å². The predicted octanol–water partition coefficient (Wildman–Crippen LogP) is 6.46. The second-order valence-electron chi connectivity index (χ2n) is 14.0. The van der Waals surface area contributed by atoms with Crippen molar-refractivity contribution in [1.82, 2.24) is 19.6 Å². The summed E-state index contributed by atoms with van der Waals surface area (Å²) in [4.78, 5) is 59.9. The zero-order valence-electron chi connectivity index (χ0n) is 32.3. The van der Waals surface area contributed by atoms with Gasteiger partial charge in [0.05, 0.1) is 5.69 Å². The summed E-state index contributed by atoms with van der Waals surface area (Å²) in [7, 11) is 7.48. The minimum Gasteiger partial charge on any atom is -0.446 e. The van der Waals surface area contributed by atoms with E-state index in [1.165, 1.54) is 0 Å². The van der Waals surface area contributed by atoms with E-state index in [2.05, 4.69) is 15.1 Å². The number of likely N-dealkylation sites (tertiary alicyclic amines) is 1. The van der Waals surface area contributed by atoms with Gasteiger partial charge in [0.1, 0.15) is 6.10 Å². The van der Waals surface area contributed by atoms with Gasteiger partial charge in [-0.3, -0.25) is 19.7 Å². The predicted molar refractivity (Wildman–Crippen MR) is 212 cm³/mol. The molecule has 53 heavy (non-hydrogen) atoms. The lowest BCUT2D eigenvalue weighted by Crippen LogP contribution is -2.42. The Labute approximate surface area is 315 Å². The lowest BCUT2D eigenvalue weighted by atomic mass is 10.0. The molecule has 1 saturated heterocycles. The number of hydrogen-bond donors (Lipinski definition) is 1. The molecule has 4 rings (SSSR count). The number of likely N-dealkylation sites (N-methyl/N-ethyl adjacent to an activating group) is 1. The highest BCUT2D eigenvalue weighted by molar-refractivity contribution is 5.94. The first kappa shape index (κ1) is 40.9. The Morgan fingerprint density at radius 1 is 0.717 bits per heavy atom. The van der Waals surface area contributed by atoms with Gasteiger partial charge in [0.25, 0.3) is 5.91 Å². The van der Waals surface area contributed by atoms with Crippen molar-refractivity contribution >= 4 is 35.2 Å². The summed E-state index contributed by atoms with van der Waals surface area (Å²) >= 11 is 0. The standard InChI is InChI=1S/C42H58N6O5/c1-6-39(49)45(3)27-14-28-47(5)41(51)34-20-22-35(23-21-34)44(2)26-13-12-19-40(50)46(4)31-32-48-29-24-36(25-30-48)53-42(52)43-38-18-11-10-17-37(38)33-15-8-7-9-16-33/h7-11,15-18,20-23,36H,6,12-14,19,24-32H2,1-5H3,(H,43,52). The third-order valence-electron chi connectivity index (χ3n) is 9.99. The fraction of sp³-hybridized carbons (Fsp3) is 0.476. The van der Waals surface area contributed by atoms with Crippen LogP contribution in [0.4, 0.5) is 16.2 Å². The van der Waals surface area contributed by atoms with Gasteiger partial charge >= 0.3 is 6.09 Å². The highest BCUT2D eigenvalue weighted by Crippen LogP contribution is 2.28. The van der Waals surface area contributed by atoms with E-state index >= 15 is 0 Å². The molecule has 11 heteroatoms. The number of benzene rings is 3. The number of para-hydroxylation sites is 1. The molecule has 1 N–H and O–H groups in total. The summed E-state index contributed by atoms with van der Waals surface area (Å²) in [6.07, 6.45) is 4.35. The van der Waals surface area contributed by atoms with E-state index in [0.717, 1.165) is 80.8 Å². The molecule has 1 heterocycles. The average Bonchev–Trinajstić information content (AvgIpc) is 3.18. The number of nitrogens with zero attached hydrogens (tertiary/aromatic N) is 5. The molecule has 11 nitrogen and oxygen atoms in total. The number of nitrogens with one attached hydrogen (secondary N) is 1. The van der Waals surface area contributed by atoms with Crippen LogP contribution in [0.2, 0.25) is 0 Å². The number of piperidine rings is 1. The summed E-state index contributed by atoms with van der Waals surface area (Å²) in [5.41, 5.74) is 4.37. The summed E-state index contributed by atoms with van der Waals surface area (Å²) in [6, 6.07) is 25.3. The maximum Gasteiger partial charge on any atom is 0.411 e. The molecule has 1 aliphatic rings. The Morgan fingerprint density at radius 2 is 1.36 bits per heavy atom. The first-order valence-electron chi connectivity index (χ1n) is 18.9. The summed E-state index contributed by atoms with van der Waals surface area (Å²) in [6.45, 7) is 6.96. The van der Waals surface area contributed by atoms with Crippen molar-refractivity contribution in [3.63, 3.8) is 0 Å². The number of ether oxygens (including phenoxy) is 1. The van der Waals surface area contributed by atoms with Crippen molar-refractivity contribution < 1.29 is 23.9 Å². The lowest BCUT2D eigenvalue weighted by Gasteiger charge is -2.32. The van der Waals surface area contributed by atoms with Crippen LogP contribution in [0.1, 0.15) is 62.2 Å². The fourth-order valence-corrected chi connectivity index (χ4v) is 6.48. The van der Waals surface area contributed by atoms with Crippen molar-refractivity contribution in [3.05, 3.63) is 84.4 Å². The number of anilines is 2. The molecule has 0 aliphatic carbocycles. The zero-order valence-corrected chi connectivity index (χ0v) is 32.3. The normalized spacial score (nSPS) is 13.2. The molecule has 0 aromatic heterocycles. The van der Waals surface area contributed by atoms with Crippen molar-refractivity contribution in [3.8, 4) is 11.1 Å². The number of hydrogen-bond acceptors (Lipinski definition) is 7. The van der Waals surface area contributed by atoms with Crippen molar-refractivity contribution in [2.45, 2.75) is 58.0 Å². The van der Waals surface area contributed by atoms with Gasteiger partial charge in [-0.1, -0.05) is 55.5 Å².